The van der Waals surface area contributed by atoms with E-state index in [1.807, 2.05) is 26.8 Å². The number of benzene rings is 1. The maximum absolute atomic E-state index is 11.7. The first kappa shape index (κ1) is 13.6. The molecule has 2 rings (SSSR count). The van der Waals surface area contributed by atoms with Crippen molar-refractivity contribution in [1.82, 2.24) is 0 Å². The van der Waals surface area contributed by atoms with Crippen molar-refractivity contribution >= 4 is 17.6 Å². The Morgan fingerprint density at radius 3 is 2.68 bits per heavy atom. The van der Waals surface area contributed by atoms with E-state index >= 15 is 0 Å². The second-order valence-corrected chi connectivity index (χ2v) is 5.78. The first-order chi connectivity index (χ1) is 8.85. The van der Waals surface area contributed by atoms with Gasteiger partial charge in [-0.1, -0.05) is 0 Å². The quantitative estimate of drug-likeness (QED) is 0.841. The van der Waals surface area contributed by atoms with E-state index in [2.05, 4.69) is 5.32 Å². The first-order valence-corrected chi connectivity index (χ1v) is 6.51. The average molecular weight is 261 g/mol. The van der Waals surface area contributed by atoms with E-state index < -0.39 is 11.7 Å². The Kier molecular flexibility index (Phi) is 3.60. The van der Waals surface area contributed by atoms with Crippen LogP contribution in [0.4, 0.5) is 10.5 Å². The number of amides is 1. The van der Waals surface area contributed by atoms with Crippen molar-refractivity contribution in [3.8, 4) is 0 Å². The van der Waals surface area contributed by atoms with Crippen LogP contribution in [-0.4, -0.2) is 17.5 Å². The van der Waals surface area contributed by atoms with Gasteiger partial charge in [0.05, 0.1) is 0 Å². The van der Waals surface area contributed by atoms with Gasteiger partial charge in [-0.3, -0.25) is 10.1 Å². The second-order valence-electron chi connectivity index (χ2n) is 5.78. The maximum atomic E-state index is 11.7. The van der Waals surface area contributed by atoms with Crippen LogP contribution in [0.3, 0.4) is 0 Å². The van der Waals surface area contributed by atoms with Crippen LogP contribution in [0.15, 0.2) is 18.2 Å². The van der Waals surface area contributed by atoms with Gasteiger partial charge in [-0.15, -0.1) is 0 Å². The molecule has 0 aromatic heterocycles. The first-order valence-electron chi connectivity index (χ1n) is 6.51. The summed E-state index contributed by atoms with van der Waals surface area (Å²) in [6, 6.07) is 5.38. The number of ketones is 1. The predicted molar refractivity (Wildman–Crippen MR) is 73.6 cm³/mol. The van der Waals surface area contributed by atoms with Gasteiger partial charge in [-0.2, -0.15) is 0 Å². The molecule has 0 heterocycles. The van der Waals surface area contributed by atoms with Crippen LogP contribution in [0, 0.1) is 0 Å². The lowest BCUT2D eigenvalue weighted by atomic mass is 9.90. The van der Waals surface area contributed by atoms with Crippen molar-refractivity contribution in [3.63, 3.8) is 0 Å². The minimum absolute atomic E-state index is 0.185. The molecule has 0 spiro atoms. The lowest BCUT2D eigenvalue weighted by Crippen LogP contribution is -2.27. The highest BCUT2D eigenvalue weighted by Gasteiger charge is 2.19. The number of rotatable bonds is 1. The smallest absolute Gasteiger partial charge is 0.412 e. The van der Waals surface area contributed by atoms with Crippen LogP contribution in [0.1, 0.15) is 49.5 Å². The van der Waals surface area contributed by atoms with Crippen molar-refractivity contribution in [3.05, 3.63) is 29.3 Å². The molecule has 19 heavy (non-hydrogen) atoms. The Morgan fingerprint density at radius 1 is 1.26 bits per heavy atom. The molecule has 0 saturated heterocycles. The highest BCUT2D eigenvalue weighted by molar-refractivity contribution is 5.99. The van der Waals surface area contributed by atoms with E-state index in [0.717, 1.165) is 24.0 Å². The summed E-state index contributed by atoms with van der Waals surface area (Å²) in [6.45, 7) is 5.45. The molecule has 1 aliphatic rings. The third-order valence-electron chi connectivity index (χ3n) is 2.90. The number of carbonyl (C=O) groups excluding carboxylic acids is 2. The van der Waals surface area contributed by atoms with Gasteiger partial charge in [-0.25, -0.2) is 4.79 Å². The van der Waals surface area contributed by atoms with Crippen LogP contribution in [0.25, 0.3) is 0 Å². The SMILES string of the molecule is CC(C)(C)OC(=O)Nc1ccc2c(c1)CCCC2=O. The summed E-state index contributed by atoms with van der Waals surface area (Å²) in [6.07, 6.45) is 1.90. The molecule has 1 N–H and O–H groups in total. The van der Waals surface area contributed by atoms with E-state index in [1.165, 1.54) is 0 Å². The normalized spacial score (nSPS) is 14.8. The second kappa shape index (κ2) is 5.03. The molecule has 1 amide bonds. The topological polar surface area (TPSA) is 55.4 Å². The summed E-state index contributed by atoms with van der Waals surface area (Å²) < 4.78 is 5.19. The zero-order valence-corrected chi connectivity index (χ0v) is 11.6. The zero-order chi connectivity index (χ0) is 14.0. The van der Waals surface area contributed by atoms with Gasteiger partial charge in [0.15, 0.2) is 5.78 Å². The lowest BCUT2D eigenvalue weighted by Gasteiger charge is -2.20. The summed E-state index contributed by atoms with van der Waals surface area (Å²) >= 11 is 0. The molecule has 0 fully saturated rings. The fraction of sp³-hybridized carbons (Fsp3) is 0.467. The number of fused-ring (bicyclic) bond motifs is 1. The van der Waals surface area contributed by atoms with Crippen LogP contribution in [0.5, 0.6) is 0 Å². The Hall–Kier alpha value is -1.84. The van der Waals surface area contributed by atoms with Gasteiger partial charge < -0.3 is 4.74 Å². The largest absolute Gasteiger partial charge is 0.444 e. The highest BCUT2D eigenvalue weighted by atomic mass is 16.6. The number of anilines is 1. The third kappa shape index (κ3) is 3.56. The molecule has 0 atom stereocenters. The van der Waals surface area contributed by atoms with Crippen molar-refractivity contribution in [2.45, 2.75) is 45.6 Å². The Bertz CT molecular complexity index is 515. The number of aryl methyl sites for hydroxylation is 1. The van der Waals surface area contributed by atoms with Gasteiger partial charge in [0.25, 0.3) is 0 Å². The highest BCUT2D eigenvalue weighted by Crippen LogP contribution is 2.24. The van der Waals surface area contributed by atoms with Crippen molar-refractivity contribution in [2.24, 2.45) is 0 Å². The molecule has 4 nitrogen and oxygen atoms in total. The number of nitrogens with one attached hydrogen (secondary N) is 1. The van der Waals surface area contributed by atoms with Crippen LogP contribution < -0.4 is 5.32 Å². The Balaban J connectivity index is 2.10. The third-order valence-corrected chi connectivity index (χ3v) is 2.90. The molecule has 0 radical (unpaired) electrons. The molecule has 102 valence electrons. The van der Waals surface area contributed by atoms with Gasteiger partial charge in [0.1, 0.15) is 5.60 Å². The molecule has 1 aromatic carbocycles. The summed E-state index contributed by atoms with van der Waals surface area (Å²) in [5.41, 5.74) is 1.93. The van der Waals surface area contributed by atoms with Crippen LogP contribution >= 0.6 is 0 Å². The summed E-state index contributed by atoms with van der Waals surface area (Å²) in [5.74, 6) is 0.185. The van der Waals surface area contributed by atoms with E-state index in [9.17, 15) is 9.59 Å². The molecule has 0 saturated carbocycles. The summed E-state index contributed by atoms with van der Waals surface area (Å²) in [5, 5.41) is 2.69. The molecule has 0 bridgehead atoms. The monoisotopic (exact) mass is 261 g/mol. The maximum Gasteiger partial charge on any atom is 0.412 e. The Morgan fingerprint density at radius 2 is 2.00 bits per heavy atom. The van der Waals surface area contributed by atoms with Crippen molar-refractivity contribution in [1.29, 1.82) is 0 Å². The van der Waals surface area contributed by atoms with E-state index in [-0.39, 0.29) is 5.78 Å². The van der Waals surface area contributed by atoms with Gasteiger partial charge >= 0.3 is 6.09 Å². The zero-order valence-electron chi connectivity index (χ0n) is 11.6. The molecular formula is C15H19NO3. The van der Waals surface area contributed by atoms with Crippen LogP contribution in [-0.2, 0) is 11.2 Å². The summed E-state index contributed by atoms with van der Waals surface area (Å²) in [4.78, 5) is 23.4. The minimum atomic E-state index is -0.520. The van der Waals surface area contributed by atoms with Crippen molar-refractivity contribution in [2.75, 3.05) is 5.32 Å². The average Bonchev–Trinajstić information content (AvgIpc) is 2.26. The van der Waals surface area contributed by atoms with E-state index in [1.54, 1.807) is 12.1 Å². The Labute approximate surface area is 113 Å². The predicted octanol–water partition coefficient (Wildman–Crippen LogP) is 3.55. The fourth-order valence-electron chi connectivity index (χ4n) is 2.15. The molecule has 1 aliphatic carbocycles. The van der Waals surface area contributed by atoms with Gasteiger partial charge in [-0.05, 0) is 57.4 Å². The van der Waals surface area contributed by atoms with Gasteiger partial charge in [0.2, 0.25) is 0 Å². The lowest BCUT2D eigenvalue weighted by molar-refractivity contribution is 0.0636. The summed E-state index contributed by atoms with van der Waals surface area (Å²) in [7, 11) is 0. The number of Topliss-reactive ketones (excluding diaryl/α,β-unsaturated/α-hetero) is 1. The van der Waals surface area contributed by atoms with Crippen molar-refractivity contribution < 1.29 is 14.3 Å². The van der Waals surface area contributed by atoms with E-state index in [0.29, 0.717) is 12.1 Å². The molecule has 1 aromatic rings. The van der Waals surface area contributed by atoms with E-state index in [4.69, 9.17) is 4.74 Å². The standard InChI is InChI=1S/C15H19NO3/c1-15(2,3)19-14(18)16-11-7-8-12-10(9-11)5-4-6-13(12)17/h7-9H,4-6H2,1-3H3,(H,16,18). The van der Waals surface area contributed by atoms with Crippen LogP contribution in [0.2, 0.25) is 0 Å². The molecule has 0 unspecified atom stereocenters. The van der Waals surface area contributed by atoms with Gasteiger partial charge in [0, 0.05) is 17.7 Å². The molecule has 0 aliphatic heterocycles. The number of carbonyl (C=O) groups is 2. The molecular weight excluding hydrogens is 242 g/mol. The fourth-order valence-corrected chi connectivity index (χ4v) is 2.15. The number of hydrogen-bond donors (Lipinski definition) is 1. The molecule has 4 heteroatoms. The minimum Gasteiger partial charge on any atom is -0.444 e. The number of hydrogen-bond acceptors (Lipinski definition) is 3. The number of ether oxygens (including phenoxy) is 1.